The highest BCUT2D eigenvalue weighted by molar-refractivity contribution is 7.10. The summed E-state index contributed by atoms with van der Waals surface area (Å²) in [5.41, 5.74) is 6.13. The maximum Gasteiger partial charge on any atom is 0.329 e. The highest BCUT2D eigenvalue weighted by atomic mass is 32.1. The third kappa shape index (κ3) is 3.27. The molecule has 2 atom stereocenters. The Morgan fingerprint density at radius 1 is 1.41 bits per heavy atom. The maximum atomic E-state index is 13.0. The summed E-state index contributed by atoms with van der Waals surface area (Å²) in [6.07, 6.45) is 4.04. The van der Waals surface area contributed by atoms with Crippen molar-refractivity contribution in [2.75, 3.05) is 18.8 Å². The molecule has 0 radical (unpaired) electrons. The predicted octanol–water partition coefficient (Wildman–Crippen LogP) is 0.365. The summed E-state index contributed by atoms with van der Waals surface area (Å²) in [4.78, 5) is 42.2. The van der Waals surface area contributed by atoms with Gasteiger partial charge in [-0.3, -0.25) is 19.1 Å². The maximum absolute atomic E-state index is 13.0. The van der Waals surface area contributed by atoms with Gasteiger partial charge in [-0.1, -0.05) is 6.92 Å². The third-order valence-electron chi connectivity index (χ3n) is 5.67. The number of ketones is 1. The molecule has 3 heterocycles. The summed E-state index contributed by atoms with van der Waals surface area (Å²) in [6, 6.07) is 2.51. The second kappa shape index (κ2) is 7.09. The lowest BCUT2D eigenvalue weighted by molar-refractivity contribution is -0.928. The quantitative estimate of drug-likeness (QED) is 0.621. The van der Waals surface area contributed by atoms with Crippen LogP contribution in [0.3, 0.4) is 0 Å². The number of nitrogens with one attached hydrogen (secondary N) is 2. The fourth-order valence-electron chi connectivity index (χ4n) is 4.29. The standard InChI is InChI=1S/C19H24N4O3S/c1-2-7-23-17(20)15(18(25)21-19(23)26)13(24)10-22-8-5-14-12(6-9-27-14)16(22)11-3-4-11/h6,9,11,16H,2-5,7-8,10,20H2,1H3,(H,21,25,26)/p+1/t16-/m0/s1. The van der Waals surface area contributed by atoms with Crippen molar-refractivity contribution in [1.29, 1.82) is 0 Å². The van der Waals surface area contributed by atoms with Crippen LogP contribution in [0.4, 0.5) is 5.82 Å². The molecule has 0 bridgehead atoms. The number of carbonyl (C=O) groups is 1. The number of thiophene rings is 1. The molecule has 0 amide bonds. The van der Waals surface area contributed by atoms with Crippen molar-refractivity contribution < 1.29 is 9.69 Å². The Labute approximate surface area is 160 Å². The average molecular weight is 390 g/mol. The van der Waals surface area contributed by atoms with Crippen molar-refractivity contribution in [3.8, 4) is 0 Å². The van der Waals surface area contributed by atoms with Crippen LogP contribution in [-0.4, -0.2) is 28.4 Å². The highest BCUT2D eigenvalue weighted by Crippen LogP contribution is 2.42. The van der Waals surface area contributed by atoms with E-state index in [0.717, 1.165) is 13.0 Å². The van der Waals surface area contributed by atoms with Crippen LogP contribution in [0, 0.1) is 5.92 Å². The number of rotatable bonds is 6. The topological polar surface area (TPSA) is 102 Å². The molecule has 1 saturated carbocycles. The van der Waals surface area contributed by atoms with Crippen molar-refractivity contribution in [2.24, 2.45) is 5.92 Å². The van der Waals surface area contributed by atoms with E-state index in [2.05, 4.69) is 16.4 Å². The number of carbonyl (C=O) groups excluding carboxylic acids is 1. The lowest BCUT2D eigenvalue weighted by Crippen LogP contribution is -3.14. The zero-order valence-electron chi connectivity index (χ0n) is 15.4. The Morgan fingerprint density at radius 2 is 2.19 bits per heavy atom. The van der Waals surface area contributed by atoms with Crippen molar-refractivity contribution in [3.63, 3.8) is 0 Å². The van der Waals surface area contributed by atoms with E-state index in [-0.39, 0.29) is 23.7 Å². The first kappa shape index (κ1) is 18.2. The van der Waals surface area contributed by atoms with Crippen molar-refractivity contribution in [2.45, 2.75) is 45.2 Å². The summed E-state index contributed by atoms with van der Waals surface area (Å²) in [7, 11) is 0. The summed E-state index contributed by atoms with van der Waals surface area (Å²) in [6.45, 7) is 3.40. The molecule has 1 unspecified atom stereocenters. The van der Waals surface area contributed by atoms with Crippen molar-refractivity contribution in [1.82, 2.24) is 9.55 Å². The van der Waals surface area contributed by atoms with Gasteiger partial charge in [-0.05, 0) is 30.7 Å². The van der Waals surface area contributed by atoms with E-state index in [9.17, 15) is 14.4 Å². The SMILES string of the molecule is CCCn1c(N)c(C(=O)C[NH+]2CCc3sccc3[C@@H]2C2CC2)c(=O)[nH]c1=O. The van der Waals surface area contributed by atoms with Gasteiger partial charge in [0.15, 0.2) is 0 Å². The number of hydrogen-bond donors (Lipinski definition) is 3. The molecule has 4 N–H and O–H groups in total. The Hall–Kier alpha value is -2.19. The average Bonchev–Trinajstić information content (AvgIpc) is 3.34. The van der Waals surface area contributed by atoms with E-state index in [1.807, 2.05) is 6.92 Å². The number of H-pyrrole nitrogens is 1. The normalized spacial score (nSPS) is 21.8. The molecular formula is C19H25N4O3S+. The minimum absolute atomic E-state index is 0.00814. The first-order valence-electron chi connectivity index (χ1n) is 9.57. The first-order valence-corrected chi connectivity index (χ1v) is 10.5. The fraction of sp³-hybridized carbons (Fsp3) is 0.526. The Kier molecular flexibility index (Phi) is 4.77. The largest absolute Gasteiger partial charge is 0.384 e. The van der Waals surface area contributed by atoms with E-state index in [1.54, 1.807) is 11.3 Å². The molecule has 144 valence electrons. The molecule has 0 aromatic carbocycles. The molecule has 1 fully saturated rings. The van der Waals surface area contributed by atoms with Crippen LogP contribution in [0.25, 0.3) is 0 Å². The summed E-state index contributed by atoms with van der Waals surface area (Å²) >= 11 is 1.79. The summed E-state index contributed by atoms with van der Waals surface area (Å²) < 4.78 is 1.29. The number of nitrogens with two attached hydrogens (primary N) is 1. The van der Waals surface area contributed by atoms with Gasteiger partial charge in [0, 0.05) is 29.3 Å². The number of hydrogen-bond acceptors (Lipinski definition) is 5. The van der Waals surface area contributed by atoms with Crippen LogP contribution >= 0.6 is 11.3 Å². The molecule has 0 spiro atoms. The lowest BCUT2D eigenvalue weighted by Gasteiger charge is -2.32. The van der Waals surface area contributed by atoms with Gasteiger partial charge >= 0.3 is 5.69 Å². The van der Waals surface area contributed by atoms with Crippen LogP contribution in [0.5, 0.6) is 0 Å². The number of quaternary nitrogens is 1. The number of nitrogens with zero attached hydrogens (tertiary/aromatic N) is 1. The van der Waals surface area contributed by atoms with E-state index in [1.165, 1.54) is 32.7 Å². The summed E-state index contributed by atoms with van der Waals surface area (Å²) in [5.74, 6) is 0.329. The molecule has 2 aliphatic rings. The molecule has 27 heavy (non-hydrogen) atoms. The number of fused-ring (bicyclic) bond motifs is 1. The molecule has 7 nitrogen and oxygen atoms in total. The van der Waals surface area contributed by atoms with Gasteiger partial charge in [-0.25, -0.2) is 4.79 Å². The number of Topliss-reactive ketones (excluding diaryl/α,β-unsaturated/α-hetero) is 1. The summed E-state index contributed by atoms with van der Waals surface area (Å²) in [5, 5.41) is 2.13. The second-order valence-electron chi connectivity index (χ2n) is 7.54. The van der Waals surface area contributed by atoms with Crippen LogP contribution in [-0.2, 0) is 13.0 Å². The molecule has 4 rings (SSSR count). The van der Waals surface area contributed by atoms with Crippen molar-refractivity contribution in [3.05, 3.63) is 48.3 Å². The van der Waals surface area contributed by atoms with Gasteiger partial charge in [0.2, 0.25) is 5.78 Å². The van der Waals surface area contributed by atoms with Crippen LogP contribution < -0.4 is 21.9 Å². The van der Waals surface area contributed by atoms with Gasteiger partial charge in [-0.15, -0.1) is 11.3 Å². The highest BCUT2D eigenvalue weighted by Gasteiger charge is 2.44. The van der Waals surface area contributed by atoms with Gasteiger partial charge in [0.05, 0.1) is 6.54 Å². The van der Waals surface area contributed by atoms with E-state index in [0.29, 0.717) is 24.9 Å². The predicted molar refractivity (Wildman–Crippen MR) is 105 cm³/mol. The molecule has 8 heteroatoms. The molecule has 2 aromatic heterocycles. The number of aromatic amines is 1. The van der Waals surface area contributed by atoms with Crippen molar-refractivity contribution >= 4 is 22.9 Å². The molecule has 1 aliphatic carbocycles. The van der Waals surface area contributed by atoms with Gasteiger partial charge in [0.25, 0.3) is 5.56 Å². The molecule has 2 aromatic rings. The van der Waals surface area contributed by atoms with Crippen LogP contribution in [0.1, 0.15) is 53.0 Å². The zero-order chi connectivity index (χ0) is 19.1. The minimum Gasteiger partial charge on any atom is -0.384 e. The third-order valence-corrected chi connectivity index (χ3v) is 6.67. The fourth-order valence-corrected chi connectivity index (χ4v) is 5.22. The second-order valence-corrected chi connectivity index (χ2v) is 8.54. The number of anilines is 1. The Bertz CT molecular complexity index is 986. The molecular weight excluding hydrogens is 364 g/mol. The smallest absolute Gasteiger partial charge is 0.329 e. The van der Waals surface area contributed by atoms with E-state index >= 15 is 0 Å². The number of nitrogen functional groups attached to an aromatic ring is 1. The molecule has 0 saturated heterocycles. The van der Waals surface area contributed by atoms with E-state index < -0.39 is 11.2 Å². The monoisotopic (exact) mass is 389 g/mol. The Balaban J connectivity index is 1.64. The number of aromatic nitrogens is 2. The van der Waals surface area contributed by atoms with Gasteiger partial charge < -0.3 is 10.6 Å². The van der Waals surface area contributed by atoms with Crippen LogP contribution in [0.15, 0.2) is 21.0 Å². The molecule has 1 aliphatic heterocycles. The van der Waals surface area contributed by atoms with Gasteiger partial charge in [0.1, 0.15) is 24.0 Å². The van der Waals surface area contributed by atoms with Gasteiger partial charge in [-0.2, -0.15) is 0 Å². The Morgan fingerprint density at radius 3 is 2.89 bits per heavy atom. The van der Waals surface area contributed by atoms with E-state index in [4.69, 9.17) is 5.73 Å². The minimum atomic E-state index is -0.676. The zero-order valence-corrected chi connectivity index (χ0v) is 16.2. The lowest BCUT2D eigenvalue weighted by atomic mass is 9.95. The first-order chi connectivity index (χ1) is 13.0. The van der Waals surface area contributed by atoms with Crippen LogP contribution in [0.2, 0.25) is 0 Å².